The zero-order valence-corrected chi connectivity index (χ0v) is 17.0. The van der Waals surface area contributed by atoms with Crippen LogP contribution in [-0.2, 0) is 23.3 Å². The summed E-state index contributed by atoms with van der Waals surface area (Å²) in [4.78, 5) is 19.4. The van der Waals surface area contributed by atoms with Gasteiger partial charge in [-0.3, -0.25) is 9.48 Å². The van der Waals surface area contributed by atoms with Crippen LogP contribution in [0, 0.1) is 19.7 Å². The highest BCUT2D eigenvalue weighted by Gasteiger charge is 2.44. The number of carbonyl (C=O) groups is 1. The zero-order chi connectivity index (χ0) is 20.6. The van der Waals surface area contributed by atoms with Crippen LogP contribution in [0.5, 0.6) is 0 Å². The van der Waals surface area contributed by atoms with Gasteiger partial charge in [0.2, 0.25) is 11.8 Å². The highest BCUT2D eigenvalue weighted by atomic mass is 19.1. The lowest BCUT2D eigenvalue weighted by molar-refractivity contribution is -0.136. The van der Waals surface area contributed by atoms with Crippen LogP contribution < -0.4 is 0 Å². The van der Waals surface area contributed by atoms with Gasteiger partial charge >= 0.3 is 0 Å². The molecule has 0 N–H and O–H groups in total. The van der Waals surface area contributed by atoms with Crippen LogP contribution in [0.2, 0.25) is 0 Å². The van der Waals surface area contributed by atoms with Crippen LogP contribution in [0.1, 0.15) is 48.4 Å². The summed E-state index contributed by atoms with van der Waals surface area (Å²) in [6.45, 7) is 6.73. The van der Waals surface area contributed by atoms with Crippen molar-refractivity contribution in [2.75, 3.05) is 6.54 Å². The molecule has 7 heteroatoms. The summed E-state index contributed by atoms with van der Waals surface area (Å²) >= 11 is 0. The molecular formula is C22H25FN4O2. The molecule has 29 heavy (non-hydrogen) atoms. The second kappa shape index (κ2) is 7.46. The molecule has 0 spiro atoms. The maximum Gasteiger partial charge on any atom is 0.245 e. The number of rotatable bonds is 5. The topological polar surface area (TPSA) is 64.2 Å². The molecule has 0 aliphatic carbocycles. The summed E-state index contributed by atoms with van der Waals surface area (Å²) in [5.74, 6) is 0.916. The number of likely N-dealkylation sites (tertiary alicyclic amines) is 1. The third-order valence-electron chi connectivity index (χ3n) is 5.61. The normalized spacial score (nSPS) is 19.1. The number of aromatic nitrogens is 3. The first-order valence-electron chi connectivity index (χ1n) is 9.86. The van der Waals surface area contributed by atoms with Crippen LogP contribution in [0.15, 0.2) is 40.9 Å². The Bertz CT molecular complexity index is 1040. The van der Waals surface area contributed by atoms with E-state index in [1.165, 1.54) is 12.1 Å². The number of amides is 1. The van der Waals surface area contributed by atoms with Crippen molar-refractivity contribution < 1.29 is 13.6 Å². The Morgan fingerprint density at radius 1 is 1.31 bits per heavy atom. The predicted molar refractivity (Wildman–Crippen MR) is 106 cm³/mol. The van der Waals surface area contributed by atoms with E-state index in [1.807, 2.05) is 37.8 Å². The van der Waals surface area contributed by atoms with Gasteiger partial charge < -0.3 is 9.32 Å². The second-order valence-corrected chi connectivity index (χ2v) is 7.95. The lowest BCUT2D eigenvalue weighted by Crippen LogP contribution is -2.44. The first kappa shape index (κ1) is 19.4. The molecule has 1 atom stereocenters. The van der Waals surface area contributed by atoms with Crippen molar-refractivity contribution in [1.82, 2.24) is 19.7 Å². The van der Waals surface area contributed by atoms with E-state index in [9.17, 15) is 9.18 Å². The van der Waals surface area contributed by atoms with E-state index >= 15 is 0 Å². The quantitative estimate of drug-likeness (QED) is 0.659. The highest BCUT2D eigenvalue weighted by molar-refractivity contribution is 5.77. The molecule has 3 aromatic rings. The Morgan fingerprint density at radius 3 is 2.86 bits per heavy atom. The fourth-order valence-electron chi connectivity index (χ4n) is 4.12. The van der Waals surface area contributed by atoms with Crippen LogP contribution >= 0.6 is 0 Å². The van der Waals surface area contributed by atoms with Crippen LogP contribution in [0.4, 0.5) is 4.39 Å². The largest absolute Gasteiger partial charge is 0.443 e. The van der Waals surface area contributed by atoms with Crippen molar-refractivity contribution in [3.63, 3.8) is 0 Å². The number of oxazole rings is 1. The number of hydrogen-bond donors (Lipinski definition) is 0. The molecule has 152 valence electrons. The summed E-state index contributed by atoms with van der Waals surface area (Å²) < 4.78 is 21.2. The van der Waals surface area contributed by atoms with Crippen LogP contribution in [0.3, 0.4) is 0 Å². The molecule has 0 radical (unpaired) electrons. The van der Waals surface area contributed by atoms with Crippen molar-refractivity contribution in [2.24, 2.45) is 0 Å². The number of aryl methyl sites for hydroxylation is 2. The molecule has 1 aliphatic rings. The van der Waals surface area contributed by atoms with Gasteiger partial charge in [-0.25, -0.2) is 9.37 Å². The smallest absolute Gasteiger partial charge is 0.245 e. The summed E-state index contributed by atoms with van der Waals surface area (Å²) in [6, 6.07) is 8.40. The molecule has 0 saturated carbocycles. The lowest BCUT2D eigenvalue weighted by atomic mass is 9.99. The number of halogens is 1. The number of carbonyl (C=O) groups excluding carboxylic acids is 1. The third-order valence-corrected chi connectivity index (χ3v) is 5.61. The Balaban J connectivity index is 1.53. The van der Waals surface area contributed by atoms with Gasteiger partial charge in [0.1, 0.15) is 23.7 Å². The van der Waals surface area contributed by atoms with Gasteiger partial charge in [-0.1, -0.05) is 12.1 Å². The highest BCUT2D eigenvalue weighted by Crippen LogP contribution is 2.38. The molecular weight excluding hydrogens is 371 g/mol. The Hall–Kier alpha value is -2.96. The molecule has 1 aromatic carbocycles. The second-order valence-electron chi connectivity index (χ2n) is 7.95. The molecule has 0 bridgehead atoms. The average Bonchev–Trinajstić information content (AvgIpc) is 3.35. The maximum atomic E-state index is 13.4. The summed E-state index contributed by atoms with van der Waals surface area (Å²) in [5, 5.41) is 4.40. The molecule has 1 saturated heterocycles. The first-order chi connectivity index (χ1) is 13.8. The van der Waals surface area contributed by atoms with Gasteiger partial charge in [-0.15, -0.1) is 0 Å². The van der Waals surface area contributed by atoms with Crippen molar-refractivity contribution >= 4 is 5.91 Å². The molecule has 3 heterocycles. The van der Waals surface area contributed by atoms with E-state index in [-0.39, 0.29) is 18.3 Å². The monoisotopic (exact) mass is 396 g/mol. The Labute approximate surface area is 169 Å². The van der Waals surface area contributed by atoms with Gasteiger partial charge in [0.05, 0.1) is 11.9 Å². The third kappa shape index (κ3) is 3.81. The number of benzene rings is 1. The zero-order valence-electron chi connectivity index (χ0n) is 17.0. The standard InChI is InChI=1S/C22H25FN4O2/c1-15-10-16(2)27(25-15)14-20(28)26-9-5-8-22(26,3)21-24-13-19(29-21)12-17-6-4-7-18(23)11-17/h4,6-7,10-11,13H,5,8-9,12,14H2,1-3H3/t22-/m0/s1. The van der Waals surface area contributed by atoms with Crippen molar-refractivity contribution in [3.8, 4) is 0 Å². The Kier molecular flexibility index (Phi) is 4.98. The average molecular weight is 396 g/mol. The SMILES string of the molecule is Cc1cc(C)n(CC(=O)N2CCC[C@@]2(C)c2ncc(Cc3cccc(F)c3)o2)n1. The van der Waals surface area contributed by atoms with Gasteiger partial charge in [-0.2, -0.15) is 5.10 Å². The minimum absolute atomic E-state index is 0.00100. The minimum atomic E-state index is -0.590. The van der Waals surface area contributed by atoms with E-state index in [1.54, 1.807) is 16.9 Å². The number of nitrogens with zero attached hydrogens (tertiary/aromatic N) is 4. The van der Waals surface area contributed by atoms with Gasteiger partial charge in [0.25, 0.3) is 0 Å². The molecule has 0 unspecified atom stereocenters. The first-order valence-corrected chi connectivity index (χ1v) is 9.86. The van der Waals surface area contributed by atoms with Gasteiger partial charge in [0, 0.05) is 18.7 Å². The van der Waals surface area contributed by atoms with Crippen LogP contribution in [0.25, 0.3) is 0 Å². The molecule has 1 fully saturated rings. The molecule has 1 aliphatic heterocycles. The fraction of sp³-hybridized carbons (Fsp3) is 0.409. The molecule has 4 rings (SSSR count). The molecule has 1 amide bonds. The number of hydrogen-bond acceptors (Lipinski definition) is 4. The molecule has 6 nitrogen and oxygen atoms in total. The van der Waals surface area contributed by atoms with E-state index < -0.39 is 5.54 Å². The maximum absolute atomic E-state index is 13.4. The van der Waals surface area contributed by atoms with Gasteiger partial charge in [0.15, 0.2) is 0 Å². The predicted octanol–water partition coefficient (Wildman–Crippen LogP) is 3.76. The van der Waals surface area contributed by atoms with E-state index in [0.717, 1.165) is 29.8 Å². The minimum Gasteiger partial charge on any atom is -0.443 e. The fourth-order valence-corrected chi connectivity index (χ4v) is 4.12. The Morgan fingerprint density at radius 2 is 2.14 bits per heavy atom. The summed E-state index contributed by atoms with van der Waals surface area (Å²) in [5.41, 5.74) is 2.09. The van der Waals surface area contributed by atoms with Crippen LogP contribution in [-0.4, -0.2) is 32.1 Å². The van der Waals surface area contributed by atoms with Gasteiger partial charge in [-0.05, 0) is 57.4 Å². The molecule has 2 aromatic heterocycles. The summed E-state index contributed by atoms with van der Waals surface area (Å²) in [7, 11) is 0. The van der Waals surface area contributed by atoms with E-state index in [0.29, 0.717) is 24.6 Å². The lowest BCUT2D eigenvalue weighted by Gasteiger charge is -2.32. The van der Waals surface area contributed by atoms with Crippen molar-refractivity contribution in [3.05, 3.63) is 70.9 Å². The van der Waals surface area contributed by atoms with Crippen molar-refractivity contribution in [2.45, 2.75) is 52.1 Å². The summed E-state index contributed by atoms with van der Waals surface area (Å²) in [6.07, 6.45) is 3.81. The van der Waals surface area contributed by atoms with E-state index in [2.05, 4.69) is 10.1 Å². The van der Waals surface area contributed by atoms with Crippen molar-refractivity contribution in [1.29, 1.82) is 0 Å². The van der Waals surface area contributed by atoms with E-state index in [4.69, 9.17) is 4.42 Å².